The van der Waals surface area contributed by atoms with Crippen LogP contribution in [0.15, 0.2) is 30.3 Å². The quantitative estimate of drug-likeness (QED) is 0.209. The fourth-order valence-corrected chi connectivity index (χ4v) is 8.02. The molecule has 0 radical (unpaired) electrons. The number of hydrogen-bond donors (Lipinski definition) is 3. The number of ether oxygens (including phenoxy) is 3. The van der Waals surface area contributed by atoms with E-state index in [1.54, 1.807) is 38.0 Å². The predicted octanol–water partition coefficient (Wildman–Crippen LogP) is 2.68. The van der Waals surface area contributed by atoms with Gasteiger partial charge in [-0.1, -0.05) is 71.4 Å². The number of aliphatic hydroxyl groups excluding tert-OH is 1. The largest absolute Gasteiger partial charge is 0.394 e. The van der Waals surface area contributed by atoms with Crippen LogP contribution in [-0.2, 0) is 35.0 Å². The van der Waals surface area contributed by atoms with Crippen LogP contribution in [0.2, 0.25) is 0 Å². The van der Waals surface area contributed by atoms with Crippen molar-refractivity contribution in [2.24, 2.45) is 29.4 Å². The first-order valence-electron chi connectivity index (χ1n) is 18.5. The van der Waals surface area contributed by atoms with Gasteiger partial charge in [-0.25, -0.2) is 4.79 Å². The highest BCUT2D eigenvalue weighted by molar-refractivity contribution is 5.82. The molecule has 1 aromatic carbocycles. The summed E-state index contributed by atoms with van der Waals surface area (Å²) in [5, 5.41) is 13.0. The first-order valence-corrected chi connectivity index (χ1v) is 18.5. The number of carbonyl (C=O) groups excluding carboxylic acids is 4. The summed E-state index contributed by atoms with van der Waals surface area (Å²) in [4.78, 5) is 59.4. The molecule has 5 amide bonds. The third-order valence-electron chi connectivity index (χ3n) is 11.0. The van der Waals surface area contributed by atoms with Crippen molar-refractivity contribution in [1.82, 2.24) is 20.0 Å². The van der Waals surface area contributed by atoms with Gasteiger partial charge in [0.1, 0.15) is 0 Å². The number of primary amides is 1. The number of nitrogens with one attached hydrogen (secondary N) is 1. The molecule has 0 saturated carbocycles. The summed E-state index contributed by atoms with van der Waals surface area (Å²) in [6.45, 7) is 11.0. The normalized spacial score (nSPS) is 22.1. The number of aliphatic hydroxyl groups is 1. The van der Waals surface area contributed by atoms with E-state index in [0.29, 0.717) is 32.5 Å². The second-order valence-electron chi connectivity index (χ2n) is 14.6. The molecule has 0 aliphatic carbocycles. The third kappa shape index (κ3) is 10.6. The number of morpholine rings is 1. The highest BCUT2D eigenvalue weighted by atomic mass is 16.5. The van der Waals surface area contributed by atoms with Gasteiger partial charge in [-0.15, -0.1) is 0 Å². The Balaban J connectivity index is 1.77. The lowest BCUT2D eigenvalue weighted by Crippen LogP contribution is -2.60. The van der Waals surface area contributed by atoms with Gasteiger partial charge in [0, 0.05) is 34.4 Å². The van der Waals surface area contributed by atoms with Crippen LogP contribution in [-0.4, -0.2) is 134 Å². The van der Waals surface area contributed by atoms with Crippen molar-refractivity contribution in [3.8, 4) is 0 Å². The molecule has 4 N–H and O–H groups in total. The van der Waals surface area contributed by atoms with Gasteiger partial charge in [-0.05, 0) is 36.7 Å². The summed E-state index contributed by atoms with van der Waals surface area (Å²) in [7, 11) is 4.87. The van der Waals surface area contributed by atoms with E-state index in [2.05, 4.69) is 5.32 Å². The van der Waals surface area contributed by atoms with Crippen LogP contribution in [0.25, 0.3) is 0 Å². The smallest absolute Gasteiger partial charge is 0.315 e. The number of likely N-dealkylation sites (N-methyl/N-ethyl adjacent to an activating group) is 1. The summed E-state index contributed by atoms with van der Waals surface area (Å²) in [6, 6.07) is 7.36. The van der Waals surface area contributed by atoms with E-state index >= 15 is 0 Å². The number of nitrogens with two attached hydrogens (primary N) is 1. The number of hydrogen-bond acceptors (Lipinski definition) is 8. The maximum atomic E-state index is 14.4. The summed E-state index contributed by atoms with van der Waals surface area (Å²) < 4.78 is 17.7. The van der Waals surface area contributed by atoms with Gasteiger partial charge >= 0.3 is 6.03 Å². The van der Waals surface area contributed by atoms with Gasteiger partial charge in [0.25, 0.3) is 0 Å². The van der Waals surface area contributed by atoms with E-state index in [9.17, 15) is 24.3 Å². The Hall–Kier alpha value is -3.26. The monoisotopic (exact) mass is 717 g/mol. The Morgan fingerprint density at radius 1 is 1.04 bits per heavy atom. The number of amides is 5. The van der Waals surface area contributed by atoms with Crippen molar-refractivity contribution >= 4 is 23.8 Å². The Kier molecular flexibility index (Phi) is 16.6. The number of benzene rings is 1. The van der Waals surface area contributed by atoms with Crippen molar-refractivity contribution in [2.75, 3.05) is 54.2 Å². The minimum absolute atomic E-state index is 0.0143. The molecule has 9 atom stereocenters. The first kappa shape index (κ1) is 42.2. The minimum Gasteiger partial charge on any atom is -0.394 e. The van der Waals surface area contributed by atoms with Crippen LogP contribution in [0.5, 0.6) is 0 Å². The number of methoxy groups -OCH3 is 2. The highest BCUT2D eigenvalue weighted by Crippen LogP contribution is 2.31. The van der Waals surface area contributed by atoms with Crippen LogP contribution < -0.4 is 11.1 Å². The molecule has 2 heterocycles. The van der Waals surface area contributed by atoms with E-state index in [-0.39, 0.29) is 55.2 Å². The van der Waals surface area contributed by atoms with Gasteiger partial charge in [0.2, 0.25) is 17.7 Å². The van der Waals surface area contributed by atoms with Crippen molar-refractivity contribution in [1.29, 1.82) is 0 Å². The molecule has 0 aromatic heterocycles. The molecule has 288 valence electrons. The SMILES string of the molecule is CC[C@H](C)[C@@H]([C@@H](CC(=O)N1CCC[C@H]1[C@H](OC)[C@@H](C)C(=O)N[C@H](CO)Cc1ccccc1)OC)N(C)C(=O)[C@@H](C(C)C)C1COCCN1C(N)=O. The average Bonchev–Trinajstić information content (AvgIpc) is 3.61. The summed E-state index contributed by atoms with van der Waals surface area (Å²) in [6.07, 6.45) is 1.52. The Bertz CT molecular complexity index is 1270. The zero-order valence-electron chi connectivity index (χ0n) is 32.0. The molecule has 0 bridgehead atoms. The zero-order chi connectivity index (χ0) is 37.8. The molecule has 2 saturated heterocycles. The lowest BCUT2D eigenvalue weighted by molar-refractivity contribution is -0.151. The molecular weight excluding hydrogens is 654 g/mol. The van der Waals surface area contributed by atoms with E-state index in [1.165, 1.54) is 4.90 Å². The van der Waals surface area contributed by atoms with Crippen LogP contribution in [0, 0.1) is 23.7 Å². The minimum atomic E-state index is -0.615. The number of carbonyl (C=O) groups is 4. The lowest BCUT2D eigenvalue weighted by atomic mass is 9.84. The topological polar surface area (TPSA) is 164 Å². The van der Waals surface area contributed by atoms with Crippen molar-refractivity contribution < 1.29 is 38.5 Å². The van der Waals surface area contributed by atoms with Crippen molar-refractivity contribution in [3.05, 3.63) is 35.9 Å². The Morgan fingerprint density at radius 3 is 2.29 bits per heavy atom. The number of urea groups is 1. The van der Waals surface area contributed by atoms with Crippen molar-refractivity contribution in [2.45, 2.75) is 103 Å². The Morgan fingerprint density at radius 2 is 1.73 bits per heavy atom. The maximum Gasteiger partial charge on any atom is 0.315 e. The molecule has 2 aliphatic heterocycles. The first-order chi connectivity index (χ1) is 24.3. The fraction of sp³-hybridized carbons (Fsp3) is 0.737. The molecule has 51 heavy (non-hydrogen) atoms. The lowest BCUT2D eigenvalue weighted by Gasteiger charge is -2.44. The molecule has 1 unspecified atom stereocenters. The second kappa shape index (κ2) is 20.1. The molecule has 13 nitrogen and oxygen atoms in total. The molecule has 2 fully saturated rings. The van der Waals surface area contributed by atoms with E-state index in [1.807, 2.05) is 58.0 Å². The molecule has 0 spiro atoms. The van der Waals surface area contributed by atoms with Crippen LogP contribution in [0.4, 0.5) is 4.79 Å². The zero-order valence-corrected chi connectivity index (χ0v) is 32.0. The van der Waals surface area contributed by atoms with E-state index in [0.717, 1.165) is 18.4 Å². The van der Waals surface area contributed by atoms with Gasteiger partial charge < -0.3 is 45.1 Å². The average molecular weight is 718 g/mol. The summed E-state index contributed by atoms with van der Waals surface area (Å²) >= 11 is 0. The van der Waals surface area contributed by atoms with E-state index < -0.39 is 48.2 Å². The van der Waals surface area contributed by atoms with Crippen LogP contribution in [0.1, 0.15) is 65.9 Å². The fourth-order valence-electron chi connectivity index (χ4n) is 8.02. The van der Waals surface area contributed by atoms with Crippen LogP contribution >= 0.6 is 0 Å². The summed E-state index contributed by atoms with van der Waals surface area (Å²) in [5.74, 6) is -1.83. The van der Waals surface area contributed by atoms with Crippen molar-refractivity contribution in [3.63, 3.8) is 0 Å². The number of rotatable bonds is 18. The molecule has 13 heteroatoms. The van der Waals surface area contributed by atoms with Gasteiger partial charge in [0.15, 0.2) is 0 Å². The van der Waals surface area contributed by atoms with Gasteiger partial charge in [-0.3, -0.25) is 14.4 Å². The maximum absolute atomic E-state index is 14.4. The third-order valence-corrected chi connectivity index (χ3v) is 11.0. The van der Waals surface area contributed by atoms with Crippen LogP contribution in [0.3, 0.4) is 0 Å². The molecule has 3 rings (SSSR count). The Labute approximate surface area is 304 Å². The highest BCUT2D eigenvalue weighted by Gasteiger charge is 2.45. The number of nitrogens with zero attached hydrogens (tertiary/aromatic N) is 3. The second-order valence-corrected chi connectivity index (χ2v) is 14.6. The molecule has 1 aromatic rings. The number of likely N-dealkylation sites (tertiary alicyclic amines) is 1. The predicted molar refractivity (Wildman–Crippen MR) is 195 cm³/mol. The summed E-state index contributed by atoms with van der Waals surface area (Å²) in [5.41, 5.74) is 6.73. The molecule has 2 aliphatic rings. The van der Waals surface area contributed by atoms with Gasteiger partial charge in [0.05, 0.1) is 74.5 Å². The van der Waals surface area contributed by atoms with E-state index in [4.69, 9.17) is 19.9 Å². The van der Waals surface area contributed by atoms with Gasteiger partial charge in [-0.2, -0.15) is 0 Å². The standard InChI is InChI=1S/C38H63N5O8/c1-9-25(4)34(41(6)37(47)33(24(2)3)30-23-51-19-18-43(30)38(39)48)31(49-7)21-32(45)42-17-13-16-29(42)35(50-8)26(5)36(46)40-28(22-44)20-27-14-11-10-12-15-27/h10-12,14-15,24-26,28-31,33-35,44H,9,13,16-23H2,1-8H3,(H2,39,48)(H,40,46)/t25-,26+,28-,29-,30?,31+,33-,34-,35+/m0/s1. The molecular formula is C38H63N5O8.